The van der Waals surface area contributed by atoms with Gasteiger partial charge in [0.1, 0.15) is 12.4 Å². The van der Waals surface area contributed by atoms with E-state index in [0.717, 1.165) is 22.6 Å². The smallest absolute Gasteiger partial charge is 0.122 e. The third-order valence-electron chi connectivity index (χ3n) is 2.35. The number of nitrogens with two attached hydrogens (primary N) is 1. The van der Waals surface area contributed by atoms with E-state index in [9.17, 15) is 0 Å². The molecule has 1 aromatic heterocycles. The lowest BCUT2D eigenvalue weighted by Gasteiger charge is -2.08. The number of aryl methyl sites for hydroxylation is 2. The summed E-state index contributed by atoms with van der Waals surface area (Å²) in [6.07, 6.45) is 3.74. The summed E-state index contributed by atoms with van der Waals surface area (Å²) in [6, 6.07) is 5.63. The van der Waals surface area contributed by atoms with Gasteiger partial charge in [0.25, 0.3) is 0 Å². The van der Waals surface area contributed by atoms with Gasteiger partial charge in [0.2, 0.25) is 0 Å². The Morgan fingerprint density at radius 3 is 2.88 bits per heavy atom. The highest BCUT2D eigenvalue weighted by Gasteiger charge is 2.01. The van der Waals surface area contributed by atoms with E-state index < -0.39 is 0 Å². The summed E-state index contributed by atoms with van der Waals surface area (Å²) in [5.41, 5.74) is 8.52. The third kappa shape index (κ3) is 2.34. The highest BCUT2D eigenvalue weighted by Crippen LogP contribution is 2.21. The van der Waals surface area contributed by atoms with Crippen molar-refractivity contribution in [2.24, 2.45) is 7.05 Å². The standard InChI is InChI=1S/C12H15N3O/c1-9-5-11(13)3-4-12(9)16-8-10-6-14-15(2)7-10/h3-7H,8,13H2,1-2H3. The van der Waals surface area contributed by atoms with Crippen LogP contribution in [-0.4, -0.2) is 9.78 Å². The first kappa shape index (κ1) is 10.5. The summed E-state index contributed by atoms with van der Waals surface area (Å²) in [4.78, 5) is 0. The second-order valence-electron chi connectivity index (χ2n) is 3.84. The van der Waals surface area contributed by atoms with Crippen LogP contribution in [0.2, 0.25) is 0 Å². The van der Waals surface area contributed by atoms with Gasteiger partial charge in [-0.15, -0.1) is 0 Å². The number of benzene rings is 1. The summed E-state index contributed by atoms with van der Waals surface area (Å²) in [5.74, 6) is 0.859. The first-order chi connectivity index (χ1) is 7.65. The minimum Gasteiger partial charge on any atom is -0.489 e. The number of aromatic nitrogens is 2. The average molecular weight is 217 g/mol. The van der Waals surface area contributed by atoms with Gasteiger partial charge in [-0.05, 0) is 30.7 Å². The predicted octanol–water partition coefficient (Wildman–Crippen LogP) is 1.89. The number of anilines is 1. The van der Waals surface area contributed by atoms with Crippen molar-refractivity contribution >= 4 is 5.69 Å². The fraction of sp³-hybridized carbons (Fsp3) is 0.250. The van der Waals surface area contributed by atoms with Crippen LogP contribution < -0.4 is 10.5 Å². The molecule has 2 aromatic rings. The minimum atomic E-state index is 0.526. The molecule has 0 spiro atoms. The van der Waals surface area contributed by atoms with Crippen molar-refractivity contribution in [2.45, 2.75) is 13.5 Å². The highest BCUT2D eigenvalue weighted by molar-refractivity contribution is 5.47. The van der Waals surface area contributed by atoms with Crippen molar-refractivity contribution in [1.82, 2.24) is 9.78 Å². The molecule has 0 aliphatic heterocycles. The average Bonchev–Trinajstić information content (AvgIpc) is 2.63. The molecule has 0 saturated heterocycles. The molecule has 2 N–H and O–H groups in total. The van der Waals surface area contributed by atoms with Crippen molar-refractivity contribution in [3.63, 3.8) is 0 Å². The normalized spacial score (nSPS) is 10.4. The molecule has 16 heavy (non-hydrogen) atoms. The summed E-state index contributed by atoms with van der Waals surface area (Å²) >= 11 is 0. The second kappa shape index (κ2) is 4.26. The van der Waals surface area contributed by atoms with Crippen molar-refractivity contribution in [2.75, 3.05) is 5.73 Å². The quantitative estimate of drug-likeness (QED) is 0.799. The predicted molar refractivity (Wildman–Crippen MR) is 63.1 cm³/mol. The lowest BCUT2D eigenvalue weighted by Crippen LogP contribution is -1.97. The van der Waals surface area contributed by atoms with E-state index in [0.29, 0.717) is 6.61 Å². The highest BCUT2D eigenvalue weighted by atomic mass is 16.5. The van der Waals surface area contributed by atoms with Crippen LogP contribution in [-0.2, 0) is 13.7 Å². The zero-order valence-electron chi connectivity index (χ0n) is 9.47. The molecule has 0 aliphatic rings. The van der Waals surface area contributed by atoms with Crippen LogP contribution in [0.4, 0.5) is 5.69 Å². The van der Waals surface area contributed by atoms with E-state index in [-0.39, 0.29) is 0 Å². The molecule has 0 fully saturated rings. The molecule has 4 heteroatoms. The maximum absolute atomic E-state index is 5.68. The summed E-state index contributed by atoms with van der Waals surface area (Å²) < 4.78 is 7.44. The summed E-state index contributed by atoms with van der Waals surface area (Å²) in [5, 5.41) is 4.08. The van der Waals surface area contributed by atoms with Crippen LogP contribution in [0.25, 0.3) is 0 Å². The Morgan fingerprint density at radius 2 is 2.25 bits per heavy atom. The monoisotopic (exact) mass is 217 g/mol. The zero-order valence-corrected chi connectivity index (χ0v) is 9.47. The zero-order chi connectivity index (χ0) is 11.5. The topological polar surface area (TPSA) is 53.1 Å². The molecule has 1 heterocycles. The molecule has 4 nitrogen and oxygen atoms in total. The first-order valence-corrected chi connectivity index (χ1v) is 5.11. The van der Waals surface area contributed by atoms with E-state index in [4.69, 9.17) is 10.5 Å². The molecular formula is C12H15N3O. The van der Waals surface area contributed by atoms with Crippen LogP contribution in [0.15, 0.2) is 30.6 Å². The second-order valence-corrected chi connectivity index (χ2v) is 3.84. The molecule has 0 saturated carbocycles. The minimum absolute atomic E-state index is 0.526. The van der Waals surface area contributed by atoms with Crippen LogP contribution in [0, 0.1) is 6.92 Å². The van der Waals surface area contributed by atoms with E-state index in [2.05, 4.69) is 5.10 Å². The molecule has 2 rings (SSSR count). The van der Waals surface area contributed by atoms with E-state index in [1.807, 2.05) is 38.4 Å². The molecule has 0 unspecified atom stereocenters. The van der Waals surface area contributed by atoms with Gasteiger partial charge in [-0.2, -0.15) is 5.10 Å². The van der Waals surface area contributed by atoms with Gasteiger partial charge in [-0.3, -0.25) is 4.68 Å². The van der Waals surface area contributed by atoms with Crippen LogP contribution in [0.5, 0.6) is 5.75 Å². The van der Waals surface area contributed by atoms with Crippen LogP contribution >= 0.6 is 0 Å². The van der Waals surface area contributed by atoms with E-state index in [1.165, 1.54) is 0 Å². The van der Waals surface area contributed by atoms with Crippen molar-refractivity contribution in [3.05, 3.63) is 41.7 Å². The Hall–Kier alpha value is -1.97. The van der Waals surface area contributed by atoms with Gasteiger partial charge in [-0.1, -0.05) is 0 Å². The molecule has 0 amide bonds. The molecular weight excluding hydrogens is 202 g/mol. The number of nitrogen functional groups attached to an aromatic ring is 1. The van der Waals surface area contributed by atoms with Gasteiger partial charge < -0.3 is 10.5 Å². The molecule has 0 atom stereocenters. The Labute approximate surface area is 94.6 Å². The summed E-state index contributed by atoms with van der Waals surface area (Å²) in [6.45, 7) is 2.51. The van der Waals surface area contributed by atoms with Crippen LogP contribution in [0.1, 0.15) is 11.1 Å². The lowest BCUT2D eigenvalue weighted by molar-refractivity contribution is 0.304. The fourth-order valence-corrected chi connectivity index (χ4v) is 1.54. The van der Waals surface area contributed by atoms with E-state index >= 15 is 0 Å². The first-order valence-electron chi connectivity index (χ1n) is 5.11. The maximum atomic E-state index is 5.68. The van der Waals surface area contributed by atoms with Gasteiger partial charge in [-0.25, -0.2) is 0 Å². The molecule has 0 radical (unpaired) electrons. The lowest BCUT2D eigenvalue weighted by atomic mass is 10.2. The Bertz CT molecular complexity index is 491. The Balaban J connectivity index is 2.04. The van der Waals surface area contributed by atoms with Crippen molar-refractivity contribution in [1.29, 1.82) is 0 Å². The summed E-state index contributed by atoms with van der Waals surface area (Å²) in [7, 11) is 1.89. The molecule has 0 aliphatic carbocycles. The van der Waals surface area contributed by atoms with Gasteiger partial charge in [0.05, 0.1) is 6.20 Å². The Kier molecular flexibility index (Phi) is 2.81. The van der Waals surface area contributed by atoms with Crippen LogP contribution in [0.3, 0.4) is 0 Å². The third-order valence-corrected chi connectivity index (χ3v) is 2.35. The number of ether oxygens (including phenoxy) is 1. The SMILES string of the molecule is Cc1cc(N)ccc1OCc1cnn(C)c1. The maximum Gasteiger partial charge on any atom is 0.122 e. The number of rotatable bonds is 3. The number of hydrogen-bond acceptors (Lipinski definition) is 3. The molecule has 0 bridgehead atoms. The molecule has 1 aromatic carbocycles. The fourth-order valence-electron chi connectivity index (χ4n) is 1.54. The van der Waals surface area contributed by atoms with Gasteiger partial charge in [0, 0.05) is 24.5 Å². The van der Waals surface area contributed by atoms with Crippen molar-refractivity contribution in [3.8, 4) is 5.75 Å². The number of nitrogens with zero attached hydrogens (tertiary/aromatic N) is 2. The number of hydrogen-bond donors (Lipinski definition) is 1. The van der Waals surface area contributed by atoms with Gasteiger partial charge in [0.15, 0.2) is 0 Å². The Morgan fingerprint density at radius 1 is 1.44 bits per heavy atom. The van der Waals surface area contributed by atoms with E-state index in [1.54, 1.807) is 10.9 Å². The van der Waals surface area contributed by atoms with Gasteiger partial charge >= 0.3 is 0 Å². The van der Waals surface area contributed by atoms with Crippen molar-refractivity contribution < 1.29 is 4.74 Å². The molecule has 84 valence electrons. The largest absolute Gasteiger partial charge is 0.489 e.